The van der Waals surface area contributed by atoms with Crippen LogP contribution in [-0.4, -0.2) is 70.2 Å². The number of carbonyl (C=O) groups is 2. The molecule has 1 aromatic heterocycles. The molecular weight excluding hydrogens is 272 g/mol. The van der Waals surface area contributed by atoms with Gasteiger partial charge in [0.05, 0.1) is 30.1 Å². The van der Waals surface area contributed by atoms with Crippen LogP contribution in [0.2, 0.25) is 0 Å². The Morgan fingerprint density at radius 2 is 2.33 bits per heavy atom. The molecule has 110 valence electrons. The lowest BCUT2D eigenvalue weighted by Crippen LogP contribution is -2.53. The highest BCUT2D eigenvalue weighted by atomic mass is 16.5. The zero-order valence-electron chi connectivity index (χ0n) is 11.5. The van der Waals surface area contributed by atoms with E-state index >= 15 is 0 Å². The van der Waals surface area contributed by atoms with Gasteiger partial charge in [0.2, 0.25) is 5.91 Å². The molecule has 2 aliphatic rings. The van der Waals surface area contributed by atoms with Crippen molar-refractivity contribution in [1.29, 1.82) is 0 Å². The summed E-state index contributed by atoms with van der Waals surface area (Å²) < 4.78 is 5.56. The van der Waals surface area contributed by atoms with E-state index in [9.17, 15) is 9.59 Å². The fourth-order valence-corrected chi connectivity index (χ4v) is 2.81. The van der Waals surface area contributed by atoms with Crippen LogP contribution in [0.15, 0.2) is 31.1 Å². The summed E-state index contributed by atoms with van der Waals surface area (Å²) in [6, 6.07) is 1.52. The Labute approximate surface area is 122 Å². The molecule has 1 aromatic rings. The van der Waals surface area contributed by atoms with Gasteiger partial charge in [0.1, 0.15) is 6.61 Å². The van der Waals surface area contributed by atoms with Crippen LogP contribution >= 0.6 is 0 Å². The number of ether oxygens (including phenoxy) is 1. The fraction of sp³-hybridized carbons (Fsp3) is 0.429. The molecule has 0 radical (unpaired) electrons. The monoisotopic (exact) mass is 288 g/mol. The highest BCUT2D eigenvalue weighted by molar-refractivity contribution is 5.94. The Balaban J connectivity index is 1.76. The van der Waals surface area contributed by atoms with Crippen LogP contribution in [0.3, 0.4) is 0 Å². The molecule has 2 amide bonds. The molecule has 0 aromatic carbocycles. The summed E-state index contributed by atoms with van der Waals surface area (Å²) in [6.07, 6.45) is 4.48. The SMILES string of the molecule is C=CCN1C(=O)CO[C@@H]2CN(C(=O)c3ccnnc3)C[C@H]21. The molecule has 0 unspecified atom stereocenters. The van der Waals surface area contributed by atoms with Gasteiger partial charge in [-0.1, -0.05) is 6.08 Å². The molecule has 21 heavy (non-hydrogen) atoms. The molecule has 0 N–H and O–H groups in total. The fourth-order valence-electron chi connectivity index (χ4n) is 2.81. The van der Waals surface area contributed by atoms with E-state index in [4.69, 9.17) is 4.74 Å². The Morgan fingerprint density at radius 3 is 3.05 bits per heavy atom. The van der Waals surface area contributed by atoms with Crippen molar-refractivity contribution < 1.29 is 14.3 Å². The number of likely N-dealkylation sites (tertiary alicyclic amines) is 1. The zero-order chi connectivity index (χ0) is 14.8. The lowest BCUT2D eigenvalue weighted by atomic mass is 10.1. The minimum absolute atomic E-state index is 0.0592. The van der Waals surface area contributed by atoms with Gasteiger partial charge in [-0.3, -0.25) is 9.59 Å². The van der Waals surface area contributed by atoms with Crippen molar-refractivity contribution in [3.63, 3.8) is 0 Å². The molecule has 0 aliphatic carbocycles. The maximum Gasteiger partial charge on any atom is 0.255 e. The van der Waals surface area contributed by atoms with Gasteiger partial charge in [-0.2, -0.15) is 10.2 Å². The van der Waals surface area contributed by atoms with Crippen molar-refractivity contribution in [2.75, 3.05) is 26.2 Å². The van der Waals surface area contributed by atoms with Gasteiger partial charge in [-0.15, -0.1) is 6.58 Å². The molecule has 0 saturated carbocycles. The molecule has 0 spiro atoms. The van der Waals surface area contributed by atoms with Gasteiger partial charge >= 0.3 is 0 Å². The Kier molecular flexibility index (Phi) is 3.66. The third kappa shape index (κ3) is 2.52. The molecule has 2 fully saturated rings. The van der Waals surface area contributed by atoms with Crippen LogP contribution in [0, 0.1) is 0 Å². The van der Waals surface area contributed by atoms with Crippen LogP contribution < -0.4 is 0 Å². The number of fused-ring (bicyclic) bond motifs is 1. The average Bonchev–Trinajstić information content (AvgIpc) is 2.95. The molecule has 3 heterocycles. The number of morpholine rings is 1. The molecule has 7 nitrogen and oxygen atoms in total. The summed E-state index contributed by atoms with van der Waals surface area (Å²) in [4.78, 5) is 27.8. The van der Waals surface area contributed by atoms with Gasteiger partial charge < -0.3 is 14.5 Å². The van der Waals surface area contributed by atoms with Crippen molar-refractivity contribution in [3.05, 3.63) is 36.7 Å². The van der Waals surface area contributed by atoms with Crippen LogP contribution in [0.4, 0.5) is 0 Å². The van der Waals surface area contributed by atoms with E-state index in [1.165, 1.54) is 12.4 Å². The summed E-state index contributed by atoms with van der Waals surface area (Å²) in [5.74, 6) is -0.176. The van der Waals surface area contributed by atoms with E-state index in [2.05, 4.69) is 16.8 Å². The van der Waals surface area contributed by atoms with Crippen molar-refractivity contribution in [1.82, 2.24) is 20.0 Å². The minimum atomic E-state index is -0.138. The standard InChI is InChI=1S/C14H16N4O3/c1-2-5-18-11-7-17(8-12(11)21-9-13(18)19)14(20)10-3-4-15-16-6-10/h2-4,6,11-12H,1,5,7-9H2/t11-,12-/m1/s1. The molecule has 0 bridgehead atoms. The molecule has 2 aliphatic heterocycles. The molecule has 2 saturated heterocycles. The second-order valence-corrected chi connectivity index (χ2v) is 5.09. The number of hydrogen-bond donors (Lipinski definition) is 0. The maximum absolute atomic E-state index is 12.4. The number of aromatic nitrogens is 2. The van der Waals surface area contributed by atoms with E-state index in [0.29, 0.717) is 25.2 Å². The van der Waals surface area contributed by atoms with Gasteiger partial charge in [0, 0.05) is 19.6 Å². The summed E-state index contributed by atoms with van der Waals surface area (Å²) in [5.41, 5.74) is 0.491. The molecule has 3 rings (SSSR count). The molecule has 2 atom stereocenters. The minimum Gasteiger partial charge on any atom is -0.364 e. The second kappa shape index (κ2) is 5.61. The largest absolute Gasteiger partial charge is 0.364 e. The summed E-state index contributed by atoms with van der Waals surface area (Å²) in [6.45, 7) is 5.16. The number of carbonyl (C=O) groups excluding carboxylic acids is 2. The molecule has 7 heteroatoms. The Bertz CT molecular complexity index is 563. The van der Waals surface area contributed by atoms with Crippen molar-refractivity contribution >= 4 is 11.8 Å². The summed E-state index contributed by atoms with van der Waals surface area (Å²) in [7, 11) is 0. The number of amides is 2. The smallest absolute Gasteiger partial charge is 0.255 e. The van der Waals surface area contributed by atoms with Gasteiger partial charge in [0.25, 0.3) is 5.91 Å². The van der Waals surface area contributed by atoms with Crippen LogP contribution in [0.5, 0.6) is 0 Å². The summed E-state index contributed by atoms with van der Waals surface area (Å²) >= 11 is 0. The van der Waals surface area contributed by atoms with Crippen LogP contribution in [-0.2, 0) is 9.53 Å². The summed E-state index contributed by atoms with van der Waals surface area (Å²) in [5, 5.41) is 7.38. The highest BCUT2D eigenvalue weighted by Crippen LogP contribution is 2.24. The first-order valence-corrected chi connectivity index (χ1v) is 6.78. The van der Waals surface area contributed by atoms with Gasteiger partial charge in [0.15, 0.2) is 0 Å². The van der Waals surface area contributed by atoms with E-state index in [1.54, 1.807) is 21.9 Å². The number of nitrogens with zero attached hydrogens (tertiary/aromatic N) is 4. The van der Waals surface area contributed by atoms with E-state index < -0.39 is 0 Å². The molecular formula is C14H16N4O3. The predicted octanol–water partition coefficient (Wildman–Crippen LogP) is -0.286. The quantitative estimate of drug-likeness (QED) is 0.715. The van der Waals surface area contributed by atoms with E-state index in [1.807, 2.05) is 0 Å². The van der Waals surface area contributed by atoms with Crippen LogP contribution in [0.25, 0.3) is 0 Å². The number of hydrogen-bond acceptors (Lipinski definition) is 5. The third-order valence-electron chi connectivity index (χ3n) is 3.82. The van der Waals surface area contributed by atoms with E-state index in [-0.39, 0.29) is 30.6 Å². The van der Waals surface area contributed by atoms with Gasteiger partial charge in [-0.05, 0) is 6.07 Å². The first kappa shape index (κ1) is 13.7. The lowest BCUT2D eigenvalue weighted by molar-refractivity contribution is -0.151. The maximum atomic E-state index is 12.4. The van der Waals surface area contributed by atoms with Crippen molar-refractivity contribution in [2.45, 2.75) is 12.1 Å². The Hall–Kier alpha value is -2.28. The first-order valence-electron chi connectivity index (χ1n) is 6.78. The lowest BCUT2D eigenvalue weighted by Gasteiger charge is -2.35. The predicted molar refractivity (Wildman–Crippen MR) is 73.4 cm³/mol. The van der Waals surface area contributed by atoms with E-state index in [0.717, 1.165) is 0 Å². The average molecular weight is 288 g/mol. The second-order valence-electron chi connectivity index (χ2n) is 5.09. The zero-order valence-corrected chi connectivity index (χ0v) is 11.5. The Morgan fingerprint density at radius 1 is 1.48 bits per heavy atom. The normalized spacial score (nSPS) is 24.9. The van der Waals surface area contributed by atoms with Gasteiger partial charge in [-0.25, -0.2) is 0 Å². The third-order valence-corrected chi connectivity index (χ3v) is 3.82. The topological polar surface area (TPSA) is 75.6 Å². The van der Waals surface area contributed by atoms with Crippen LogP contribution in [0.1, 0.15) is 10.4 Å². The first-order chi connectivity index (χ1) is 10.2. The highest BCUT2D eigenvalue weighted by Gasteiger charge is 2.44. The van der Waals surface area contributed by atoms with Crippen molar-refractivity contribution in [3.8, 4) is 0 Å². The number of rotatable bonds is 3. The van der Waals surface area contributed by atoms with Crippen molar-refractivity contribution in [2.24, 2.45) is 0 Å².